The largest absolute Gasteiger partial charge is 0.480 e. The highest BCUT2D eigenvalue weighted by molar-refractivity contribution is 7.91. The molecule has 6 nitrogen and oxygen atoms in total. The van der Waals surface area contributed by atoms with Gasteiger partial charge in [0.15, 0.2) is 9.84 Å². The summed E-state index contributed by atoms with van der Waals surface area (Å²) in [5, 5.41) is 8.86. The molecule has 1 aliphatic rings. The third kappa shape index (κ3) is 5.21. The molecule has 1 heterocycles. The van der Waals surface area contributed by atoms with Gasteiger partial charge in [0.25, 0.3) is 0 Å². The molecule has 7 heteroatoms. The second-order valence-corrected chi connectivity index (χ2v) is 7.11. The molecule has 0 aromatic rings. The minimum atomic E-state index is -3.15. The number of carbonyl (C=O) groups is 2. The van der Waals surface area contributed by atoms with Gasteiger partial charge < -0.3 is 10.0 Å². The summed E-state index contributed by atoms with van der Waals surface area (Å²) in [6, 6.07) is -0.517. The minimum Gasteiger partial charge on any atom is -0.480 e. The first kappa shape index (κ1) is 16.5. The fourth-order valence-electron chi connectivity index (χ4n) is 2.23. The van der Waals surface area contributed by atoms with Crippen LogP contribution in [0.2, 0.25) is 0 Å². The zero-order valence-corrected chi connectivity index (χ0v) is 12.1. The van der Waals surface area contributed by atoms with Crippen LogP contribution in [-0.2, 0) is 19.4 Å². The Balaban J connectivity index is 2.62. The van der Waals surface area contributed by atoms with Crippen molar-refractivity contribution in [1.82, 2.24) is 4.90 Å². The van der Waals surface area contributed by atoms with Gasteiger partial charge in [0.2, 0.25) is 5.91 Å². The topological polar surface area (TPSA) is 91.8 Å². The van der Waals surface area contributed by atoms with Gasteiger partial charge in [-0.25, -0.2) is 8.42 Å². The van der Waals surface area contributed by atoms with Gasteiger partial charge in [0, 0.05) is 18.9 Å². The molecule has 0 spiro atoms. The first-order valence-electron chi connectivity index (χ1n) is 6.51. The van der Waals surface area contributed by atoms with E-state index < -0.39 is 28.4 Å². The number of unbranched alkanes of at least 4 members (excludes halogenated alkanes) is 2. The van der Waals surface area contributed by atoms with Crippen molar-refractivity contribution >= 4 is 21.7 Å². The van der Waals surface area contributed by atoms with Crippen molar-refractivity contribution in [2.45, 2.75) is 38.1 Å². The number of hydrogen-bond donors (Lipinski definition) is 1. The maximum atomic E-state index is 12.1. The van der Waals surface area contributed by atoms with E-state index in [4.69, 9.17) is 11.5 Å². The normalized spacial score (nSPS) is 20.2. The Kier molecular flexibility index (Phi) is 6.02. The number of rotatable bonds is 7. The van der Waals surface area contributed by atoms with Gasteiger partial charge in [0.1, 0.15) is 6.54 Å². The van der Waals surface area contributed by atoms with E-state index in [1.807, 2.05) is 0 Å². The van der Waals surface area contributed by atoms with Gasteiger partial charge in [-0.3, -0.25) is 9.59 Å². The van der Waals surface area contributed by atoms with E-state index in [0.717, 1.165) is 0 Å². The van der Waals surface area contributed by atoms with E-state index in [-0.39, 0.29) is 23.8 Å². The van der Waals surface area contributed by atoms with Gasteiger partial charge in [-0.1, -0.05) is 0 Å². The van der Waals surface area contributed by atoms with Crippen LogP contribution in [0.1, 0.15) is 32.1 Å². The molecule has 0 aromatic heterocycles. The number of carbonyl (C=O) groups excluding carboxylic acids is 1. The number of carboxylic acids is 1. The number of carboxylic acid groups (broad SMARTS) is 1. The van der Waals surface area contributed by atoms with Crippen LogP contribution in [0.15, 0.2) is 0 Å². The number of nitrogens with zero attached hydrogens (tertiary/aromatic N) is 1. The van der Waals surface area contributed by atoms with E-state index >= 15 is 0 Å². The second-order valence-electron chi connectivity index (χ2n) is 4.88. The summed E-state index contributed by atoms with van der Waals surface area (Å²) in [5.74, 6) is 0.894. The molecule has 20 heavy (non-hydrogen) atoms. The van der Waals surface area contributed by atoms with Crippen molar-refractivity contribution in [3.8, 4) is 12.3 Å². The van der Waals surface area contributed by atoms with E-state index in [0.29, 0.717) is 25.7 Å². The van der Waals surface area contributed by atoms with Crippen LogP contribution < -0.4 is 0 Å². The standard InChI is InChI=1S/C13H19NO5S/c1-2-3-4-5-6-12(15)14(9-13(16)17)11-7-8-20(18,19)10-11/h1,11H,3-10H2,(H,16,17). The molecular formula is C13H19NO5S. The highest BCUT2D eigenvalue weighted by Gasteiger charge is 2.35. The number of aliphatic carboxylic acids is 1. The zero-order chi connectivity index (χ0) is 15.2. The number of amides is 1. The lowest BCUT2D eigenvalue weighted by Crippen LogP contribution is -2.44. The van der Waals surface area contributed by atoms with Crippen LogP contribution in [0.4, 0.5) is 0 Å². The summed E-state index contributed by atoms with van der Waals surface area (Å²) >= 11 is 0. The van der Waals surface area contributed by atoms with Crippen LogP contribution >= 0.6 is 0 Å². The lowest BCUT2D eigenvalue weighted by molar-refractivity contribution is -0.146. The van der Waals surface area contributed by atoms with Gasteiger partial charge >= 0.3 is 5.97 Å². The molecular weight excluding hydrogens is 282 g/mol. The first-order valence-corrected chi connectivity index (χ1v) is 8.33. The monoisotopic (exact) mass is 301 g/mol. The van der Waals surface area contributed by atoms with Gasteiger partial charge in [-0.2, -0.15) is 0 Å². The van der Waals surface area contributed by atoms with E-state index in [1.165, 1.54) is 4.90 Å². The van der Waals surface area contributed by atoms with Gasteiger partial charge in [-0.05, 0) is 19.3 Å². The van der Waals surface area contributed by atoms with E-state index in [2.05, 4.69) is 5.92 Å². The number of sulfone groups is 1. The lowest BCUT2D eigenvalue weighted by Gasteiger charge is -2.26. The predicted molar refractivity (Wildman–Crippen MR) is 73.7 cm³/mol. The molecule has 1 fully saturated rings. The van der Waals surface area contributed by atoms with Crippen molar-refractivity contribution in [2.24, 2.45) is 0 Å². The second kappa shape index (κ2) is 7.29. The first-order chi connectivity index (χ1) is 9.35. The van der Waals surface area contributed by atoms with E-state index in [9.17, 15) is 18.0 Å². The molecule has 0 aromatic carbocycles. The molecule has 1 N–H and O–H groups in total. The molecule has 1 rings (SSSR count). The zero-order valence-electron chi connectivity index (χ0n) is 11.2. The Labute approximate surface area is 119 Å². The Bertz CT molecular complexity index is 505. The summed E-state index contributed by atoms with van der Waals surface area (Å²) in [6.07, 6.45) is 7.48. The molecule has 1 amide bonds. The molecule has 0 radical (unpaired) electrons. The number of terminal acetylenes is 1. The SMILES string of the molecule is C#CCCCCC(=O)N(CC(=O)O)C1CCS(=O)(=O)C1. The smallest absolute Gasteiger partial charge is 0.323 e. The van der Waals surface area contributed by atoms with Crippen molar-refractivity contribution in [3.05, 3.63) is 0 Å². The van der Waals surface area contributed by atoms with Crippen LogP contribution in [-0.4, -0.2) is 54.4 Å². The molecule has 112 valence electrons. The van der Waals surface area contributed by atoms with Crippen molar-refractivity contribution in [2.75, 3.05) is 18.1 Å². The Hall–Kier alpha value is -1.55. The molecule has 0 aliphatic carbocycles. The quantitative estimate of drug-likeness (QED) is 0.538. The number of hydrogen-bond acceptors (Lipinski definition) is 4. The summed E-state index contributed by atoms with van der Waals surface area (Å²) in [5.41, 5.74) is 0. The summed E-state index contributed by atoms with van der Waals surface area (Å²) in [7, 11) is -3.15. The molecule has 1 atom stereocenters. The van der Waals surface area contributed by atoms with Crippen LogP contribution in [0.25, 0.3) is 0 Å². The Morgan fingerprint density at radius 3 is 2.55 bits per heavy atom. The molecule has 0 bridgehead atoms. The van der Waals surface area contributed by atoms with Crippen LogP contribution in [0.5, 0.6) is 0 Å². The third-order valence-electron chi connectivity index (χ3n) is 3.24. The summed E-state index contributed by atoms with van der Waals surface area (Å²) < 4.78 is 22.9. The predicted octanol–water partition coefficient (Wildman–Crippen LogP) is 0.280. The Morgan fingerprint density at radius 2 is 2.05 bits per heavy atom. The summed E-state index contributed by atoms with van der Waals surface area (Å²) in [6.45, 7) is -0.450. The fourth-order valence-corrected chi connectivity index (χ4v) is 3.97. The van der Waals surface area contributed by atoms with Gasteiger partial charge in [0.05, 0.1) is 11.5 Å². The Morgan fingerprint density at radius 1 is 1.35 bits per heavy atom. The maximum absolute atomic E-state index is 12.1. The lowest BCUT2D eigenvalue weighted by atomic mass is 10.1. The average molecular weight is 301 g/mol. The highest BCUT2D eigenvalue weighted by atomic mass is 32.2. The maximum Gasteiger partial charge on any atom is 0.323 e. The summed E-state index contributed by atoms with van der Waals surface area (Å²) in [4.78, 5) is 24.1. The van der Waals surface area contributed by atoms with Crippen LogP contribution in [0.3, 0.4) is 0 Å². The van der Waals surface area contributed by atoms with Crippen LogP contribution in [0, 0.1) is 12.3 Å². The van der Waals surface area contributed by atoms with Crippen molar-refractivity contribution < 1.29 is 23.1 Å². The molecule has 1 aliphatic heterocycles. The average Bonchev–Trinajstić information content (AvgIpc) is 2.71. The molecule has 0 saturated carbocycles. The molecule has 1 saturated heterocycles. The minimum absolute atomic E-state index is 0.0121. The van der Waals surface area contributed by atoms with Crippen molar-refractivity contribution in [1.29, 1.82) is 0 Å². The third-order valence-corrected chi connectivity index (χ3v) is 4.99. The fraction of sp³-hybridized carbons (Fsp3) is 0.692. The molecule has 1 unspecified atom stereocenters. The highest BCUT2D eigenvalue weighted by Crippen LogP contribution is 2.19. The van der Waals surface area contributed by atoms with E-state index in [1.54, 1.807) is 0 Å². The van der Waals surface area contributed by atoms with Gasteiger partial charge in [-0.15, -0.1) is 12.3 Å². The van der Waals surface area contributed by atoms with Crippen molar-refractivity contribution in [3.63, 3.8) is 0 Å².